The zero-order valence-corrected chi connectivity index (χ0v) is 19.5. The number of sulfonamides is 1. The number of carbonyl (C=O) groups excluding carboxylic acids is 1. The highest BCUT2D eigenvalue weighted by atomic mass is 35.5. The molecule has 0 aliphatic heterocycles. The molecular formula is C24H25ClN2O3S. The van der Waals surface area contributed by atoms with Crippen LogP contribution >= 0.6 is 11.6 Å². The predicted octanol–water partition coefficient (Wildman–Crippen LogP) is 5.41. The van der Waals surface area contributed by atoms with E-state index in [0.29, 0.717) is 22.0 Å². The molecule has 0 atom stereocenters. The van der Waals surface area contributed by atoms with Crippen LogP contribution in [0.25, 0.3) is 0 Å². The molecule has 3 aromatic rings. The number of hydrogen-bond acceptors (Lipinski definition) is 3. The Hall–Kier alpha value is -2.83. The van der Waals surface area contributed by atoms with Crippen LogP contribution in [0.15, 0.2) is 65.6 Å². The lowest BCUT2D eigenvalue weighted by Crippen LogP contribution is -2.38. The molecule has 31 heavy (non-hydrogen) atoms. The molecule has 1 amide bonds. The van der Waals surface area contributed by atoms with E-state index >= 15 is 0 Å². The lowest BCUT2D eigenvalue weighted by atomic mass is 10.1. The predicted molar refractivity (Wildman–Crippen MR) is 126 cm³/mol. The van der Waals surface area contributed by atoms with Crippen LogP contribution in [0.2, 0.25) is 5.02 Å². The minimum Gasteiger partial charge on any atom is -0.325 e. The second kappa shape index (κ2) is 9.12. The molecule has 3 rings (SSSR count). The third-order valence-electron chi connectivity index (χ3n) is 5.19. The van der Waals surface area contributed by atoms with Crippen molar-refractivity contribution in [3.05, 3.63) is 87.9 Å². The van der Waals surface area contributed by atoms with Crippen LogP contribution in [0.5, 0.6) is 0 Å². The van der Waals surface area contributed by atoms with Crippen LogP contribution in [-0.2, 0) is 14.8 Å². The maximum atomic E-state index is 13.5. The molecule has 0 radical (unpaired) electrons. The van der Waals surface area contributed by atoms with E-state index in [-0.39, 0.29) is 11.4 Å². The number of amides is 1. The number of hydrogen-bond donors (Lipinski definition) is 1. The first kappa shape index (κ1) is 22.8. The molecule has 0 aliphatic carbocycles. The van der Waals surface area contributed by atoms with Gasteiger partial charge >= 0.3 is 0 Å². The van der Waals surface area contributed by atoms with Crippen LogP contribution in [0.1, 0.15) is 22.3 Å². The van der Waals surface area contributed by atoms with Gasteiger partial charge in [-0.2, -0.15) is 0 Å². The summed E-state index contributed by atoms with van der Waals surface area (Å²) in [6.07, 6.45) is 0. The maximum Gasteiger partial charge on any atom is 0.264 e. The summed E-state index contributed by atoms with van der Waals surface area (Å²) in [7, 11) is -4.00. The molecule has 0 heterocycles. The summed E-state index contributed by atoms with van der Waals surface area (Å²) in [5, 5.41) is 3.23. The Labute approximate surface area is 188 Å². The fourth-order valence-electron chi connectivity index (χ4n) is 3.15. The Morgan fingerprint density at radius 3 is 2.26 bits per heavy atom. The van der Waals surface area contributed by atoms with Crippen molar-refractivity contribution in [1.29, 1.82) is 0 Å². The minimum atomic E-state index is -4.00. The Kier molecular flexibility index (Phi) is 6.72. The van der Waals surface area contributed by atoms with Gasteiger partial charge in [-0.25, -0.2) is 8.42 Å². The standard InChI is InChI=1S/C24H25ClN2O3S/c1-16-8-12-21(13-9-16)31(29,30)27(23-7-5-6-22(25)19(23)4)15-24(28)26-20-11-10-17(2)18(3)14-20/h5-14H,15H2,1-4H3,(H,26,28). The van der Waals surface area contributed by atoms with Crippen LogP contribution in [-0.4, -0.2) is 20.9 Å². The molecule has 0 unspecified atom stereocenters. The first-order valence-corrected chi connectivity index (χ1v) is 11.6. The van der Waals surface area contributed by atoms with Crippen LogP contribution in [0, 0.1) is 27.7 Å². The third-order valence-corrected chi connectivity index (χ3v) is 7.38. The maximum absolute atomic E-state index is 13.5. The summed E-state index contributed by atoms with van der Waals surface area (Å²) in [6, 6.07) is 17.1. The van der Waals surface area contributed by atoms with Gasteiger partial charge in [-0.3, -0.25) is 9.10 Å². The van der Waals surface area contributed by atoms with Gasteiger partial charge in [-0.1, -0.05) is 41.4 Å². The lowest BCUT2D eigenvalue weighted by Gasteiger charge is -2.26. The fourth-order valence-corrected chi connectivity index (χ4v) is 4.80. The number of halogens is 1. The van der Waals surface area contributed by atoms with Crippen LogP contribution in [0.3, 0.4) is 0 Å². The largest absolute Gasteiger partial charge is 0.325 e. The van der Waals surface area contributed by atoms with Crippen molar-refractivity contribution in [3.63, 3.8) is 0 Å². The topological polar surface area (TPSA) is 66.5 Å². The zero-order valence-electron chi connectivity index (χ0n) is 17.9. The molecule has 1 N–H and O–H groups in total. The van der Waals surface area contributed by atoms with Crippen molar-refractivity contribution in [2.24, 2.45) is 0 Å². The van der Waals surface area contributed by atoms with Crippen molar-refractivity contribution < 1.29 is 13.2 Å². The summed E-state index contributed by atoms with van der Waals surface area (Å²) < 4.78 is 28.1. The quantitative estimate of drug-likeness (QED) is 0.539. The van der Waals surface area contributed by atoms with E-state index in [1.54, 1.807) is 55.5 Å². The molecular weight excluding hydrogens is 432 g/mol. The van der Waals surface area contributed by atoms with Gasteiger partial charge in [0.05, 0.1) is 10.6 Å². The Morgan fingerprint density at radius 2 is 1.61 bits per heavy atom. The molecule has 0 saturated heterocycles. The average Bonchev–Trinajstić information content (AvgIpc) is 2.71. The third kappa shape index (κ3) is 5.09. The van der Waals surface area contributed by atoms with Crippen molar-refractivity contribution in [1.82, 2.24) is 0 Å². The molecule has 0 aliphatic rings. The second-order valence-corrected chi connectivity index (χ2v) is 9.83. The van der Waals surface area contributed by atoms with Crippen molar-refractivity contribution in [2.75, 3.05) is 16.2 Å². The highest BCUT2D eigenvalue weighted by Crippen LogP contribution is 2.31. The van der Waals surface area contributed by atoms with Crippen molar-refractivity contribution >= 4 is 38.9 Å². The number of nitrogens with one attached hydrogen (secondary N) is 1. The number of aryl methyl sites for hydroxylation is 3. The van der Waals surface area contributed by atoms with Gasteiger partial charge in [-0.05, 0) is 80.8 Å². The smallest absolute Gasteiger partial charge is 0.264 e. The monoisotopic (exact) mass is 456 g/mol. The zero-order chi connectivity index (χ0) is 22.8. The Bertz CT molecular complexity index is 1220. The van der Waals surface area contributed by atoms with Crippen LogP contribution in [0.4, 0.5) is 11.4 Å². The van der Waals surface area contributed by atoms with Gasteiger partial charge in [0.1, 0.15) is 6.54 Å². The molecule has 0 saturated carbocycles. The first-order chi connectivity index (χ1) is 14.6. The van der Waals surface area contributed by atoms with Gasteiger partial charge in [0.25, 0.3) is 10.0 Å². The van der Waals surface area contributed by atoms with E-state index in [1.165, 1.54) is 0 Å². The summed E-state index contributed by atoms with van der Waals surface area (Å²) in [4.78, 5) is 13.0. The highest BCUT2D eigenvalue weighted by molar-refractivity contribution is 7.92. The molecule has 0 spiro atoms. The number of anilines is 2. The highest BCUT2D eigenvalue weighted by Gasteiger charge is 2.28. The van der Waals surface area contributed by atoms with Gasteiger partial charge < -0.3 is 5.32 Å². The number of carbonyl (C=O) groups is 1. The molecule has 162 valence electrons. The molecule has 3 aromatic carbocycles. The molecule has 5 nitrogen and oxygen atoms in total. The van der Waals surface area contributed by atoms with Gasteiger partial charge in [-0.15, -0.1) is 0 Å². The number of nitrogens with zero attached hydrogens (tertiary/aromatic N) is 1. The summed E-state index contributed by atoms with van der Waals surface area (Å²) >= 11 is 6.25. The molecule has 0 fully saturated rings. The van der Waals surface area contributed by atoms with E-state index in [0.717, 1.165) is 21.0 Å². The lowest BCUT2D eigenvalue weighted by molar-refractivity contribution is -0.114. The summed E-state index contributed by atoms with van der Waals surface area (Å²) in [6.45, 7) is 7.17. The molecule has 7 heteroatoms. The van der Waals surface area contributed by atoms with E-state index in [1.807, 2.05) is 32.9 Å². The van der Waals surface area contributed by atoms with Gasteiger partial charge in [0.15, 0.2) is 0 Å². The first-order valence-electron chi connectivity index (χ1n) is 9.81. The van der Waals surface area contributed by atoms with Crippen molar-refractivity contribution in [2.45, 2.75) is 32.6 Å². The van der Waals surface area contributed by atoms with Crippen molar-refractivity contribution in [3.8, 4) is 0 Å². The normalized spacial score (nSPS) is 11.3. The average molecular weight is 457 g/mol. The van der Waals surface area contributed by atoms with E-state index in [9.17, 15) is 13.2 Å². The fraction of sp³-hybridized carbons (Fsp3) is 0.208. The SMILES string of the molecule is Cc1ccc(S(=O)(=O)N(CC(=O)Nc2ccc(C)c(C)c2)c2cccc(Cl)c2C)cc1. The number of benzene rings is 3. The second-order valence-electron chi connectivity index (χ2n) is 7.56. The van der Waals surface area contributed by atoms with Crippen LogP contribution < -0.4 is 9.62 Å². The van der Waals surface area contributed by atoms with Gasteiger partial charge in [0, 0.05) is 10.7 Å². The van der Waals surface area contributed by atoms with E-state index in [2.05, 4.69) is 5.32 Å². The van der Waals surface area contributed by atoms with E-state index < -0.39 is 15.9 Å². The number of rotatable bonds is 6. The molecule has 0 aromatic heterocycles. The summed E-state index contributed by atoms with van der Waals surface area (Å²) in [5.74, 6) is -0.446. The summed E-state index contributed by atoms with van der Waals surface area (Å²) in [5.41, 5.74) is 4.64. The Balaban J connectivity index is 1.99. The molecule has 0 bridgehead atoms. The van der Waals surface area contributed by atoms with E-state index in [4.69, 9.17) is 11.6 Å². The van der Waals surface area contributed by atoms with Gasteiger partial charge in [0.2, 0.25) is 5.91 Å². The Morgan fingerprint density at radius 1 is 0.935 bits per heavy atom. The minimum absolute atomic E-state index is 0.108.